The lowest BCUT2D eigenvalue weighted by atomic mass is 10.0. The van der Waals surface area contributed by atoms with Crippen LogP contribution in [-0.2, 0) is 4.74 Å². The number of para-hydroxylation sites is 1. The quantitative estimate of drug-likeness (QED) is 0.890. The summed E-state index contributed by atoms with van der Waals surface area (Å²) in [6, 6.07) is 4.59. The highest BCUT2D eigenvalue weighted by atomic mass is 19.1. The van der Waals surface area contributed by atoms with Crippen LogP contribution in [0.4, 0.5) is 14.9 Å². The summed E-state index contributed by atoms with van der Waals surface area (Å²) >= 11 is 0. The van der Waals surface area contributed by atoms with Crippen LogP contribution in [0.25, 0.3) is 0 Å². The van der Waals surface area contributed by atoms with Crippen LogP contribution in [0.2, 0.25) is 0 Å². The van der Waals surface area contributed by atoms with Gasteiger partial charge in [0.05, 0.1) is 12.3 Å². The third-order valence-electron chi connectivity index (χ3n) is 4.92. The molecule has 2 aliphatic heterocycles. The van der Waals surface area contributed by atoms with Crippen molar-refractivity contribution in [1.82, 2.24) is 10.2 Å². The van der Waals surface area contributed by atoms with E-state index in [2.05, 4.69) is 15.5 Å². The van der Waals surface area contributed by atoms with Gasteiger partial charge in [0.15, 0.2) is 0 Å². The SMILES string of the molecule is Cc1cccc(F)c1NC(=O)NC1CCN(CC2CCOC2)CC1. The molecule has 6 heteroatoms. The van der Waals surface area contributed by atoms with Crippen LogP contribution in [0.15, 0.2) is 18.2 Å². The monoisotopic (exact) mass is 335 g/mol. The van der Waals surface area contributed by atoms with E-state index in [0.29, 0.717) is 5.92 Å². The third-order valence-corrected chi connectivity index (χ3v) is 4.92. The Kier molecular flexibility index (Phi) is 5.68. The Hall–Kier alpha value is -1.66. The number of carbonyl (C=O) groups excluding carboxylic acids is 1. The summed E-state index contributed by atoms with van der Waals surface area (Å²) in [6.45, 7) is 6.61. The number of hydrogen-bond donors (Lipinski definition) is 2. The average Bonchev–Trinajstić information content (AvgIpc) is 3.06. The van der Waals surface area contributed by atoms with Gasteiger partial charge < -0.3 is 20.3 Å². The van der Waals surface area contributed by atoms with E-state index in [9.17, 15) is 9.18 Å². The molecule has 5 nitrogen and oxygen atoms in total. The molecule has 0 bridgehead atoms. The zero-order valence-corrected chi connectivity index (χ0v) is 14.2. The van der Waals surface area contributed by atoms with Crippen LogP contribution in [-0.4, -0.2) is 49.8 Å². The van der Waals surface area contributed by atoms with Crippen LogP contribution in [0.1, 0.15) is 24.8 Å². The summed E-state index contributed by atoms with van der Waals surface area (Å²) in [5, 5.41) is 5.61. The molecule has 2 amide bonds. The van der Waals surface area contributed by atoms with Crippen molar-refractivity contribution in [2.24, 2.45) is 5.92 Å². The third kappa shape index (κ3) is 4.45. The van der Waals surface area contributed by atoms with Crippen molar-refractivity contribution in [3.05, 3.63) is 29.6 Å². The summed E-state index contributed by atoms with van der Waals surface area (Å²) in [7, 11) is 0. The maximum Gasteiger partial charge on any atom is 0.319 e. The molecule has 2 N–H and O–H groups in total. The number of halogens is 1. The lowest BCUT2D eigenvalue weighted by Crippen LogP contribution is -2.47. The molecule has 1 atom stereocenters. The first-order valence-corrected chi connectivity index (χ1v) is 8.74. The van der Waals surface area contributed by atoms with Gasteiger partial charge >= 0.3 is 6.03 Å². The number of nitrogens with zero attached hydrogens (tertiary/aromatic N) is 1. The fourth-order valence-electron chi connectivity index (χ4n) is 3.48. The van der Waals surface area contributed by atoms with E-state index >= 15 is 0 Å². The molecule has 24 heavy (non-hydrogen) atoms. The molecule has 2 fully saturated rings. The van der Waals surface area contributed by atoms with Gasteiger partial charge in [0, 0.05) is 32.3 Å². The van der Waals surface area contributed by atoms with E-state index in [1.807, 2.05) is 0 Å². The van der Waals surface area contributed by atoms with Crippen LogP contribution in [0.5, 0.6) is 0 Å². The smallest absolute Gasteiger partial charge is 0.319 e. The van der Waals surface area contributed by atoms with Crippen molar-refractivity contribution in [3.63, 3.8) is 0 Å². The Morgan fingerprint density at radius 3 is 2.79 bits per heavy atom. The summed E-state index contributed by atoms with van der Waals surface area (Å²) in [5.74, 6) is 0.251. The largest absolute Gasteiger partial charge is 0.381 e. The van der Waals surface area contributed by atoms with Gasteiger partial charge in [0.25, 0.3) is 0 Å². The summed E-state index contributed by atoms with van der Waals surface area (Å²) in [5.41, 5.74) is 0.979. The molecule has 0 aromatic heterocycles. The zero-order valence-electron chi connectivity index (χ0n) is 14.2. The minimum absolute atomic E-state index is 0.146. The number of anilines is 1. The molecule has 1 unspecified atom stereocenters. The van der Waals surface area contributed by atoms with Crippen molar-refractivity contribution in [2.75, 3.05) is 38.2 Å². The maximum absolute atomic E-state index is 13.8. The number of amides is 2. The molecule has 2 heterocycles. The van der Waals surface area contributed by atoms with Crippen LogP contribution < -0.4 is 10.6 Å². The minimum Gasteiger partial charge on any atom is -0.381 e. The molecular formula is C18H26FN3O2. The van der Waals surface area contributed by atoms with Gasteiger partial charge in [-0.1, -0.05) is 12.1 Å². The van der Waals surface area contributed by atoms with Gasteiger partial charge in [-0.25, -0.2) is 9.18 Å². The number of urea groups is 1. The van der Waals surface area contributed by atoms with E-state index in [4.69, 9.17) is 4.74 Å². The van der Waals surface area contributed by atoms with E-state index in [1.54, 1.807) is 19.1 Å². The first-order valence-electron chi connectivity index (χ1n) is 8.74. The van der Waals surface area contributed by atoms with Crippen LogP contribution in [0, 0.1) is 18.7 Å². The lowest BCUT2D eigenvalue weighted by Gasteiger charge is -2.33. The number of ether oxygens (including phenoxy) is 1. The minimum atomic E-state index is -0.404. The van der Waals surface area contributed by atoms with Gasteiger partial charge in [-0.3, -0.25) is 0 Å². The zero-order chi connectivity index (χ0) is 16.9. The molecule has 132 valence electrons. The first kappa shape index (κ1) is 17.2. The molecule has 0 spiro atoms. The second-order valence-electron chi connectivity index (χ2n) is 6.83. The second kappa shape index (κ2) is 7.94. The van der Waals surface area contributed by atoms with E-state index in [1.165, 1.54) is 6.07 Å². The second-order valence-corrected chi connectivity index (χ2v) is 6.83. The van der Waals surface area contributed by atoms with E-state index in [-0.39, 0.29) is 17.8 Å². The Morgan fingerprint density at radius 1 is 1.33 bits per heavy atom. The lowest BCUT2D eigenvalue weighted by molar-refractivity contribution is 0.148. The van der Waals surface area contributed by atoms with Gasteiger partial charge in [-0.15, -0.1) is 0 Å². The Morgan fingerprint density at radius 2 is 2.12 bits per heavy atom. The van der Waals surface area contributed by atoms with Crippen molar-refractivity contribution < 1.29 is 13.9 Å². The normalized spacial score (nSPS) is 22.5. The molecule has 1 aromatic rings. The molecule has 2 aliphatic rings. The topological polar surface area (TPSA) is 53.6 Å². The summed E-state index contributed by atoms with van der Waals surface area (Å²) < 4.78 is 19.2. The molecule has 0 saturated carbocycles. The number of hydrogen-bond acceptors (Lipinski definition) is 3. The number of rotatable bonds is 4. The van der Waals surface area contributed by atoms with E-state index in [0.717, 1.165) is 57.7 Å². The molecular weight excluding hydrogens is 309 g/mol. The molecule has 2 saturated heterocycles. The number of piperidine rings is 1. The highest BCUT2D eigenvalue weighted by molar-refractivity contribution is 5.90. The number of carbonyl (C=O) groups is 1. The number of likely N-dealkylation sites (tertiary alicyclic amines) is 1. The number of nitrogens with one attached hydrogen (secondary N) is 2. The van der Waals surface area contributed by atoms with Crippen molar-refractivity contribution >= 4 is 11.7 Å². The van der Waals surface area contributed by atoms with Crippen LogP contribution in [0.3, 0.4) is 0 Å². The first-order chi connectivity index (χ1) is 11.6. The Bertz CT molecular complexity index is 547. The predicted molar refractivity (Wildman–Crippen MR) is 91.7 cm³/mol. The summed E-state index contributed by atoms with van der Waals surface area (Å²) in [6.07, 6.45) is 3.01. The highest BCUT2D eigenvalue weighted by Crippen LogP contribution is 2.20. The fourth-order valence-corrected chi connectivity index (χ4v) is 3.48. The van der Waals surface area contributed by atoms with Crippen molar-refractivity contribution in [3.8, 4) is 0 Å². The van der Waals surface area contributed by atoms with Crippen molar-refractivity contribution in [1.29, 1.82) is 0 Å². The highest BCUT2D eigenvalue weighted by Gasteiger charge is 2.24. The number of benzene rings is 1. The Labute approximate surface area is 142 Å². The molecule has 0 aliphatic carbocycles. The van der Waals surface area contributed by atoms with E-state index < -0.39 is 5.82 Å². The van der Waals surface area contributed by atoms with Gasteiger partial charge in [0.1, 0.15) is 5.82 Å². The fraction of sp³-hybridized carbons (Fsp3) is 0.611. The van der Waals surface area contributed by atoms with Gasteiger partial charge in [0.2, 0.25) is 0 Å². The maximum atomic E-state index is 13.8. The van der Waals surface area contributed by atoms with Crippen molar-refractivity contribution in [2.45, 2.75) is 32.2 Å². The number of aryl methyl sites for hydroxylation is 1. The molecule has 1 aromatic carbocycles. The van der Waals surface area contributed by atoms with Crippen LogP contribution >= 0.6 is 0 Å². The molecule has 0 radical (unpaired) electrons. The van der Waals surface area contributed by atoms with Gasteiger partial charge in [-0.2, -0.15) is 0 Å². The molecule has 3 rings (SSSR count). The summed E-state index contributed by atoms with van der Waals surface area (Å²) in [4.78, 5) is 14.6. The Balaban J connectivity index is 1.43. The average molecular weight is 335 g/mol. The standard InChI is InChI=1S/C18H26FN3O2/c1-13-3-2-4-16(19)17(13)21-18(23)20-15-5-8-22(9-6-15)11-14-7-10-24-12-14/h2-4,14-15H,5-12H2,1H3,(H2,20,21,23). The van der Waals surface area contributed by atoms with Gasteiger partial charge in [-0.05, 0) is 43.7 Å². The predicted octanol–water partition coefficient (Wildman–Crippen LogP) is 2.76.